The molecule has 0 heterocycles. The van der Waals surface area contributed by atoms with Crippen LogP contribution in [0.4, 0.5) is 4.39 Å². The molecule has 4 aromatic rings. The average molecular weight is 433 g/mol. The fourth-order valence-electron chi connectivity index (χ4n) is 3.40. The summed E-state index contributed by atoms with van der Waals surface area (Å²) < 4.78 is 19.1. The van der Waals surface area contributed by atoms with Crippen molar-refractivity contribution in [2.75, 3.05) is 6.61 Å². The Kier molecular flexibility index (Phi) is 7.42. The monoisotopic (exact) mass is 432 g/mol. The van der Waals surface area contributed by atoms with E-state index in [0.29, 0.717) is 0 Å². The van der Waals surface area contributed by atoms with Gasteiger partial charge in [-0.1, -0.05) is 55.6 Å². The third kappa shape index (κ3) is 6.49. The molecule has 0 aliphatic rings. The molecule has 0 unspecified atom stereocenters. The Hall–Kier alpha value is -4.01. The zero-order valence-electron chi connectivity index (χ0n) is 18.7. The highest BCUT2D eigenvalue weighted by atomic mass is 19.1. The smallest absolute Gasteiger partial charge is 0.123 e. The number of rotatable bonds is 5. The molecular formula is C31H25FO. The van der Waals surface area contributed by atoms with Crippen molar-refractivity contribution in [1.82, 2.24) is 0 Å². The number of halogens is 1. The lowest BCUT2D eigenvalue weighted by atomic mass is 10.1. The molecule has 0 saturated heterocycles. The Morgan fingerprint density at radius 3 is 1.76 bits per heavy atom. The van der Waals surface area contributed by atoms with Gasteiger partial charge in [0.2, 0.25) is 0 Å². The van der Waals surface area contributed by atoms with E-state index < -0.39 is 0 Å². The van der Waals surface area contributed by atoms with Gasteiger partial charge in [-0.15, -0.1) is 0 Å². The second-order valence-electron chi connectivity index (χ2n) is 7.86. The van der Waals surface area contributed by atoms with Gasteiger partial charge in [0.25, 0.3) is 0 Å². The van der Waals surface area contributed by atoms with E-state index in [0.717, 1.165) is 51.8 Å². The van der Waals surface area contributed by atoms with E-state index in [1.165, 1.54) is 25.0 Å². The van der Waals surface area contributed by atoms with Crippen LogP contribution in [0.15, 0.2) is 84.9 Å². The lowest BCUT2D eigenvalue weighted by molar-refractivity contribution is 0.306. The summed E-state index contributed by atoms with van der Waals surface area (Å²) in [6.07, 6.45) is 3.47. The first-order valence-corrected chi connectivity index (χ1v) is 11.3. The molecule has 0 N–H and O–H groups in total. The summed E-state index contributed by atoms with van der Waals surface area (Å²) in [5, 5.41) is 1.85. The van der Waals surface area contributed by atoms with Crippen molar-refractivity contribution in [2.45, 2.75) is 26.2 Å². The molecule has 4 rings (SSSR count). The van der Waals surface area contributed by atoms with Crippen LogP contribution < -0.4 is 4.74 Å². The molecule has 0 bridgehead atoms. The normalized spacial score (nSPS) is 10.1. The topological polar surface area (TPSA) is 9.23 Å². The van der Waals surface area contributed by atoms with Gasteiger partial charge in [-0.05, 0) is 90.0 Å². The van der Waals surface area contributed by atoms with Crippen LogP contribution in [0.25, 0.3) is 10.8 Å². The number of fused-ring (bicyclic) bond motifs is 1. The van der Waals surface area contributed by atoms with E-state index in [2.05, 4.69) is 30.6 Å². The molecule has 0 spiro atoms. The molecule has 2 heteroatoms. The van der Waals surface area contributed by atoms with Crippen LogP contribution in [-0.2, 0) is 0 Å². The van der Waals surface area contributed by atoms with E-state index in [4.69, 9.17) is 4.74 Å². The van der Waals surface area contributed by atoms with Crippen LogP contribution in [0.2, 0.25) is 0 Å². The molecule has 162 valence electrons. The first-order valence-electron chi connectivity index (χ1n) is 11.3. The van der Waals surface area contributed by atoms with Gasteiger partial charge in [-0.3, -0.25) is 0 Å². The van der Waals surface area contributed by atoms with Gasteiger partial charge in [0.1, 0.15) is 11.6 Å². The molecule has 0 fully saturated rings. The number of benzene rings is 4. The SMILES string of the molecule is CCCCCOc1ccc(C#Cc2ccc(C#Cc3ccc4cc(F)ccc4c3)cc2)cc1. The van der Waals surface area contributed by atoms with E-state index in [9.17, 15) is 4.39 Å². The van der Waals surface area contributed by atoms with Crippen LogP contribution in [0.1, 0.15) is 48.4 Å². The van der Waals surface area contributed by atoms with Gasteiger partial charge in [0, 0.05) is 22.3 Å². The van der Waals surface area contributed by atoms with Crippen molar-refractivity contribution in [3.8, 4) is 29.4 Å². The van der Waals surface area contributed by atoms with Gasteiger partial charge >= 0.3 is 0 Å². The first-order chi connectivity index (χ1) is 16.2. The third-order valence-corrected chi connectivity index (χ3v) is 5.26. The van der Waals surface area contributed by atoms with Gasteiger partial charge in [-0.2, -0.15) is 0 Å². The van der Waals surface area contributed by atoms with Crippen LogP contribution in [0.5, 0.6) is 5.75 Å². The number of hydrogen-bond donors (Lipinski definition) is 0. The second kappa shape index (κ2) is 11.0. The minimum atomic E-state index is -0.228. The van der Waals surface area contributed by atoms with Gasteiger partial charge in [-0.25, -0.2) is 4.39 Å². The highest BCUT2D eigenvalue weighted by molar-refractivity contribution is 5.84. The van der Waals surface area contributed by atoms with Gasteiger partial charge in [0.05, 0.1) is 6.61 Å². The van der Waals surface area contributed by atoms with Gasteiger partial charge in [0.15, 0.2) is 0 Å². The summed E-state index contributed by atoms with van der Waals surface area (Å²) in [5.74, 6) is 13.4. The van der Waals surface area contributed by atoms with Crippen molar-refractivity contribution in [3.05, 3.63) is 113 Å². The zero-order valence-corrected chi connectivity index (χ0v) is 18.7. The predicted molar refractivity (Wildman–Crippen MR) is 134 cm³/mol. The Morgan fingerprint density at radius 1 is 0.606 bits per heavy atom. The third-order valence-electron chi connectivity index (χ3n) is 5.26. The van der Waals surface area contributed by atoms with E-state index in [1.807, 2.05) is 66.7 Å². The molecule has 0 radical (unpaired) electrons. The summed E-state index contributed by atoms with van der Waals surface area (Å²) >= 11 is 0. The quantitative estimate of drug-likeness (QED) is 0.237. The Labute approximate surface area is 195 Å². The zero-order chi connectivity index (χ0) is 22.9. The first kappa shape index (κ1) is 22.2. The second-order valence-corrected chi connectivity index (χ2v) is 7.86. The molecule has 4 aromatic carbocycles. The lowest BCUT2D eigenvalue weighted by Gasteiger charge is -2.05. The molecule has 0 saturated carbocycles. The summed E-state index contributed by atoms with van der Waals surface area (Å²) in [5.41, 5.74) is 3.71. The lowest BCUT2D eigenvalue weighted by Crippen LogP contribution is -1.96. The van der Waals surface area contributed by atoms with Crippen molar-refractivity contribution < 1.29 is 9.13 Å². The number of unbranched alkanes of at least 4 members (excludes halogenated alkanes) is 2. The Morgan fingerprint density at radius 2 is 1.12 bits per heavy atom. The number of hydrogen-bond acceptors (Lipinski definition) is 1. The van der Waals surface area contributed by atoms with E-state index in [-0.39, 0.29) is 5.82 Å². The average Bonchev–Trinajstić information content (AvgIpc) is 2.85. The van der Waals surface area contributed by atoms with Gasteiger partial charge < -0.3 is 4.74 Å². The van der Waals surface area contributed by atoms with Crippen LogP contribution in [0.3, 0.4) is 0 Å². The highest BCUT2D eigenvalue weighted by Gasteiger charge is 1.97. The number of ether oxygens (including phenoxy) is 1. The molecule has 33 heavy (non-hydrogen) atoms. The summed E-state index contributed by atoms with van der Waals surface area (Å²) in [6, 6.07) is 26.4. The van der Waals surface area contributed by atoms with Crippen molar-refractivity contribution in [1.29, 1.82) is 0 Å². The summed E-state index contributed by atoms with van der Waals surface area (Å²) in [7, 11) is 0. The van der Waals surface area contributed by atoms with Crippen molar-refractivity contribution in [3.63, 3.8) is 0 Å². The van der Waals surface area contributed by atoms with E-state index in [1.54, 1.807) is 6.07 Å². The molecule has 0 aliphatic heterocycles. The van der Waals surface area contributed by atoms with E-state index >= 15 is 0 Å². The Bertz CT molecular complexity index is 1340. The van der Waals surface area contributed by atoms with Crippen LogP contribution in [-0.4, -0.2) is 6.61 Å². The Balaban J connectivity index is 1.38. The van der Waals surface area contributed by atoms with Crippen LogP contribution >= 0.6 is 0 Å². The summed E-state index contributed by atoms with van der Waals surface area (Å²) in [6.45, 7) is 2.94. The molecule has 0 aromatic heterocycles. The van der Waals surface area contributed by atoms with Crippen molar-refractivity contribution in [2.24, 2.45) is 0 Å². The highest BCUT2D eigenvalue weighted by Crippen LogP contribution is 2.17. The molecular weight excluding hydrogens is 407 g/mol. The molecule has 0 aliphatic carbocycles. The maximum Gasteiger partial charge on any atom is 0.123 e. The van der Waals surface area contributed by atoms with Crippen LogP contribution in [0, 0.1) is 29.5 Å². The fraction of sp³-hybridized carbons (Fsp3) is 0.161. The largest absolute Gasteiger partial charge is 0.494 e. The minimum Gasteiger partial charge on any atom is -0.494 e. The fourth-order valence-corrected chi connectivity index (χ4v) is 3.40. The minimum absolute atomic E-state index is 0.228. The maximum atomic E-state index is 13.3. The van der Waals surface area contributed by atoms with Crippen molar-refractivity contribution >= 4 is 10.8 Å². The molecule has 1 nitrogen and oxygen atoms in total. The maximum absolute atomic E-state index is 13.3. The molecule has 0 amide bonds. The predicted octanol–water partition coefficient (Wildman–Crippen LogP) is 7.35. The standard InChI is InChI=1S/C31H25FO/c1-2-3-4-21-33-31-19-14-26(15-20-31)10-9-24-5-7-25(8-6-24)11-12-27-13-16-29-23-30(32)18-17-28(29)22-27/h5-8,13-20,22-23H,2-4,21H2,1H3. The summed E-state index contributed by atoms with van der Waals surface area (Å²) in [4.78, 5) is 0. The molecule has 0 atom stereocenters.